The maximum absolute atomic E-state index is 11.5. The highest BCUT2D eigenvalue weighted by molar-refractivity contribution is 5.68. The van der Waals surface area contributed by atoms with Gasteiger partial charge in [-0.1, -0.05) is 0 Å². The lowest BCUT2D eigenvalue weighted by atomic mass is 9.89. The van der Waals surface area contributed by atoms with Crippen LogP contribution in [-0.4, -0.2) is 17.7 Å². The van der Waals surface area contributed by atoms with Crippen LogP contribution in [0.3, 0.4) is 0 Å². The molecular weight excluding hydrogens is 204 g/mol. The number of amides is 1. The van der Waals surface area contributed by atoms with Gasteiger partial charge in [-0.05, 0) is 52.5 Å². The first-order chi connectivity index (χ1) is 7.29. The number of allylic oxidation sites excluding steroid dienone is 1. The average Bonchev–Trinajstić information content (AvgIpc) is 1.96. The van der Waals surface area contributed by atoms with Crippen LogP contribution in [0.25, 0.3) is 0 Å². The summed E-state index contributed by atoms with van der Waals surface area (Å²) in [6, 6.07) is -0.148. The van der Waals surface area contributed by atoms with Crippen LogP contribution in [0, 0.1) is 0 Å². The Morgan fingerprint density at radius 2 is 2.00 bits per heavy atom. The Labute approximate surface area is 97.2 Å². The molecule has 0 aliphatic heterocycles. The molecule has 1 atom stereocenters. The third-order valence-electron chi connectivity index (χ3n) is 2.57. The number of hydrogen-bond acceptors (Lipinski definition) is 3. The predicted molar refractivity (Wildman–Crippen MR) is 63.9 cm³/mol. The minimum Gasteiger partial charge on any atom is -0.444 e. The minimum absolute atomic E-state index is 0.148. The number of nitrogens with two attached hydrogens (primary N) is 1. The maximum atomic E-state index is 11.5. The van der Waals surface area contributed by atoms with Crippen molar-refractivity contribution in [2.45, 2.75) is 58.6 Å². The number of hydrogen-bond donors (Lipinski definition) is 2. The third-order valence-corrected chi connectivity index (χ3v) is 2.57. The Morgan fingerprint density at radius 3 is 2.38 bits per heavy atom. The zero-order chi connectivity index (χ0) is 12.3. The number of ether oxygens (including phenoxy) is 1. The van der Waals surface area contributed by atoms with E-state index in [1.165, 1.54) is 12.0 Å². The molecule has 1 amide bonds. The van der Waals surface area contributed by atoms with Gasteiger partial charge in [0.15, 0.2) is 0 Å². The van der Waals surface area contributed by atoms with Crippen molar-refractivity contribution in [3.05, 3.63) is 11.3 Å². The monoisotopic (exact) mass is 226 g/mol. The summed E-state index contributed by atoms with van der Waals surface area (Å²) >= 11 is 0. The van der Waals surface area contributed by atoms with E-state index in [0.29, 0.717) is 0 Å². The Balaban J connectivity index is 2.45. The number of carbonyl (C=O) groups excluding carboxylic acids is 1. The van der Waals surface area contributed by atoms with Crippen LogP contribution in [0.4, 0.5) is 4.79 Å². The van der Waals surface area contributed by atoms with Crippen molar-refractivity contribution < 1.29 is 9.53 Å². The molecule has 0 saturated heterocycles. The van der Waals surface area contributed by atoms with Crippen LogP contribution in [0.2, 0.25) is 0 Å². The fourth-order valence-electron chi connectivity index (χ4n) is 1.51. The Morgan fingerprint density at radius 1 is 1.44 bits per heavy atom. The molecule has 0 bridgehead atoms. The van der Waals surface area contributed by atoms with E-state index >= 15 is 0 Å². The highest BCUT2D eigenvalue weighted by Crippen LogP contribution is 2.27. The molecule has 1 aliphatic rings. The Hall–Kier alpha value is -1.19. The van der Waals surface area contributed by atoms with Crippen LogP contribution < -0.4 is 11.1 Å². The van der Waals surface area contributed by atoms with Crippen LogP contribution >= 0.6 is 0 Å². The van der Waals surface area contributed by atoms with E-state index in [1.807, 2.05) is 27.7 Å². The fourth-order valence-corrected chi connectivity index (χ4v) is 1.51. The maximum Gasteiger partial charge on any atom is 0.408 e. The van der Waals surface area contributed by atoms with Crippen molar-refractivity contribution in [1.29, 1.82) is 0 Å². The van der Waals surface area contributed by atoms with Crippen molar-refractivity contribution in [2.75, 3.05) is 0 Å². The van der Waals surface area contributed by atoms with E-state index in [9.17, 15) is 4.79 Å². The van der Waals surface area contributed by atoms with Gasteiger partial charge in [-0.3, -0.25) is 0 Å². The second-order valence-electron chi connectivity index (χ2n) is 5.28. The van der Waals surface area contributed by atoms with Gasteiger partial charge in [-0.15, -0.1) is 0 Å². The van der Waals surface area contributed by atoms with Gasteiger partial charge in [0.2, 0.25) is 0 Å². The summed E-state index contributed by atoms with van der Waals surface area (Å²) < 4.78 is 5.16. The van der Waals surface area contributed by atoms with E-state index in [2.05, 4.69) is 5.32 Å². The van der Waals surface area contributed by atoms with Gasteiger partial charge in [0.25, 0.3) is 0 Å². The largest absolute Gasteiger partial charge is 0.444 e. The van der Waals surface area contributed by atoms with Crippen LogP contribution in [-0.2, 0) is 4.74 Å². The van der Waals surface area contributed by atoms with Gasteiger partial charge in [-0.25, -0.2) is 4.79 Å². The van der Waals surface area contributed by atoms with E-state index in [0.717, 1.165) is 18.5 Å². The molecule has 0 unspecified atom stereocenters. The van der Waals surface area contributed by atoms with Gasteiger partial charge in [0.1, 0.15) is 5.60 Å². The summed E-state index contributed by atoms with van der Waals surface area (Å²) in [5.74, 6) is 0. The van der Waals surface area contributed by atoms with Crippen molar-refractivity contribution in [3.8, 4) is 0 Å². The number of carbonyl (C=O) groups is 1. The number of alkyl carbamates (subject to hydrolysis) is 1. The zero-order valence-electron chi connectivity index (χ0n) is 10.6. The second-order valence-corrected chi connectivity index (χ2v) is 5.28. The summed E-state index contributed by atoms with van der Waals surface area (Å²) in [4.78, 5) is 11.5. The Bertz CT molecular complexity index is 297. The topological polar surface area (TPSA) is 64.3 Å². The SMILES string of the molecule is C[C@H](NC(=O)OC(C)(C)C)C(N)=C1CCC1. The fraction of sp³-hybridized carbons (Fsp3) is 0.750. The number of rotatable bonds is 2. The molecule has 0 spiro atoms. The lowest BCUT2D eigenvalue weighted by molar-refractivity contribution is 0.0515. The van der Waals surface area contributed by atoms with Crippen molar-refractivity contribution in [1.82, 2.24) is 5.32 Å². The molecule has 16 heavy (non-hydrogen) atoms. The summed E-state index contributed by atoms with van der Waals surface area (Å²) in [6.45, 7) is 7.39. The molecule has 0 aromatic heterocycles. The molecule has 1 aliphatic carbocycles. The molecule has 0 aromatic rings. The molecule has 0 aromatic carbocycles. The Kier molecular flexibility index (Phi) is 3.83. The molecule has 4 nitrogen and oxygen atoms in total. The normalized spacial score (nSPS) is 17.4. The molecule has 0 heterocycles. The van der Waals surface area contributed by atoms with E-state index in [4.69, 9.17) is 10.5 Å². The third kappa shape index (κ3) is 3.76. The first-order valence-electron chi connectivity index (χ1n) is 5.76. The summed E-state index contributed by atoms with van der Waals surface area (Å²) in [5.41, 5.74) is 7.53. The zero-order valence-corrected chi connectivity index (χ0v) is 10.6. The summed E-state index contributed by atoms with van der Waals surface area (Å²) in [6.07, 6.45) is 2.91. The highest BCUT2D eigenvalue weighted by atomic mass is 16.6. The lowest BCUT2D eigenvalue weighted by Crippen LogP contribution is -2.41. The first-order valence-corrected chi connectivity index (χ1v) is 5.76. The van der Waals surface area contributed by atoms with Crippen LogP contribution in [0.1, 0.15) is 47.0 Å². The van der Waals surface area contributed by atoms with Crippen molar-refractivity contribution in [2.24, 2.45) is 5.73 Å². The molecular formula is C12H22N2O2. The predicted octanol–water partition coefficient (Wildman–Crippen LogP) is 2.30. The molecule has 1 rings (SSSR count). The second kappa shape index (κ2) is 4.76. The van der Waals surface area contributed by atoms with Gasteiger partial charge in [0, 0.05) is 5.70 Å². The minimum atomic E-state index is -0.470. The first kappa shape index (κ1) is 12.9. The van der Waals surface area contributed by atoms with E-state index in [1.54, 1.807) is 0 Å². The molecule has 1 fully saturated rings. The molecule has 1 saturated carbocycles. The van der Waals surface area contributed by atoms with Crippen LogP contribution in [0.15, 0.2) is 11.3 Å². The summed E-state index contributed by atoms with van der Waals surface area (Å²) in [5, 5.41) is 2.74. The molecule has 3 N–H and O–H groups in total. The van der Waals surface area contributed by atoms with E-state index < -0.39 is 11.7 Å². The molecule has 0 radical (unpaired) electrons. The smallest absolute Gasteiger partial charge is 0.408 e. The van der Waals surface area contributed by atoms with Gasteiger partial charge in [0.05, 0.1) is 6.04 Å². The number of nitrogens with one attached hydrogen (secondary N) is 1. The van der Waals surface area contributed by atoms with E-state index in [-0.39, 0.29) is 6.04 Å². The summed E-state index contributed by atoms with van der Waals surface area (Å²) in [7, 11) is 0. The lowest BCUT2D eigenvalue weighted by Gasteiger charge is -2.25. The van der Waals surface area contributed by atoms with Gasteiger partial charge in [-0.2, -0.15) is 0 Å². The molecule has 4 heteroatoms. The highest BCUT2D eigenvalue weighted by Gasteiger charge is 2.21. The van der Waals surface area contributed by atoms with Crippen LogP contribution in [0.5, 0.6) is 0 Å². The van der Waals surface area contributed by atoms with Gasteiger partial charge >= 0.3 is 6.09 Å². The molecule has 92 valence electrons. The standard InChI is InChI=1S/C12H22N2O2/c1-8(10(13)9-6-5-7-9)14-11(15)16-12(2,3)4/h8H,5-7,13H2,1-4H3,(H,14,15)/t8-/m0/s1. The van der Waals surface area contributed by atoms with Crippen molar-refractivity contribution in [3.63, 3.8) is 0 Å². The van der Waals surface area contributed by atoms with Gasteiger partial charge < -0.3 is 15.8 Å². The quantitative estimate of drug-likeness (QED) is 0.759. The average molecular weight is 226 g/mol. The van der Waals surface area contributed by atoms with Crippen molar-refractivity contribution >= 4 is 6.09 Å².